The smallest absolute Gasteiger partial charge is 0.270 e. The van der Waals surface area contributed by atoms with E-state index in [0.29, 0.717) is 5.56 Å². The first-order chi connectivity index (χ1) is 7.83. The molecule has 1 aromatic rings. The van der Waals surface area contributed by atoms with Gasteiger partial charge in [-0.25, -0.2) is 0 Å². The van der Waals surface area contributed by atoms with E-state index in [1.165, 1.54) is 12.1 Å². The molecule has 0 aromatic heterocycles. The second-order valence-corrected chi connectivity index (χ2v) is 4.74. The van der Waals surface area contributed by atoms with E-state index in [1.807, 2.05) is 20.8 Å². The number of rotatable bonds is 2. The highest BCUT2D eigenvalue weighted by atomic mass is 16.6. The first-order valence-corrected chi connectivity index (χ1v) is 5.33. The lowest BCUT2D eigenvalue weighted by molar-refractivity contribution is -0.384. The third-order valence-electron chi connectivity index (χ3n) is 2.06. The first kappa shape index (κ1) is 13.0. The van der Waals surface area contributed by atoms with Crippen LogP contribution >= 0.6 is 0 Å². The van der Waals surface area contributed by atoms with E-state index in [4.69, 9.17) is 0 Å². The zero-order valence-corrected chi connectivity index (χ0v) is 10.5. The molecule has 0 aliphatic heterocycles. The van der Waals surface area contributed by atoms with Crippen molar-refractivity contribution < 1.29 is 4.92 Å². The molecule has 0 aliphatic carbocycles. The van der Waals surface area contributed by atoms with Gasteiger partial charge >= 0.3 is 0 Å². The van der Waals surface area contributed by atoms with Gasteiger partial charge < -0.3 is 5.32 Å². The van der Waals surface area contributed by atoms with E-state index in [-0.39, 0.29) is 11.1 Å². The van der Waals surface area contributed by atoms with Gasteiger partial charge in [0.1, 0.15) is 0 Å². The second kappa shape index (κ2) is 4.88. The predicted octanol–water partition coefficient (Wildman–Crippen LogP) is 3.03. The van der Waals surface area contributed by atoms with Crippen molar-refractivity contribution in [3.05, 3.63) is 33.9 Å². The summed E-state index contributed by atoms with van der Waals surface area (Å²) in [4.78, 5) is 10.3. The van der Waals surface area contributed by atoms with Crippen LogP contribution in [0.3, 0.4) is 0 Å². The maximum absolute atomic E-state index is 10.7. The summed E-state index contributed by atoms with van der Waals surface area (Å²) in [6.07, 6.45) is 0. The number of non-ortho nitro benzene ring substituents is 1. The summed E-state index contributed by atoms with van der Waals surface area (Å²) in [7, 11) is 1.77. The van der Waals surface area contributed by atoms with Crippen molar-refractivity contribution in [3.63, 3.8) is 0 Å². The Bertz CT molecular complexity index is 490. The van der Waals surface area contributed by atoms with Crippen LogP contribution < -0.4 is 5.32 Å². The number of anilines is 1. The normalized spacial score (nSPS) is 10.4. The molecule has 0 atom stereocenters. The molecule has 0 aliphatic rings. The average Bonchev–Trinajstić information content (AvgIpc) is 2.24. The van der Waals surface area contributed by atoms with E-state index in [0.717, 1.165) is 5.69 Å². The number of nitro groups is 1. The summed E-state index contributed by atoms with van der Waals surface area (Å²) < 4.78 is 0. The summed E-state index contributed by atoms with van der Waals surface area (Å²) in [5, 5.41) is 13.7. The quantitative estimate of drug-likeness (QED) is 0.484. The van der Waals surface area contributed by atoms with Gasteiger partial charge in [0.05, 0.1) is 16.2 Å². The molecule has 4 nitrogen and oxygen atoms in total. The molecule has 90 valence electrons. The predicted molar refractivity (Wildman–Crippen MR) is 69.0 cm³/mol. The second-order valence-electron chi connectivity index (χ2n) is 4.74. The Morgan fingerprint density at radius 1 is 1.35 bits per heavy atom. The molecule has 1 rings (SSSR count). The maximum atomic E-state index is 10.7. The summed E-state index contributed by atoms with van der Waals surface area (Å²) >= 11 is 0. The van der Waals surface area contributed by atoms with Crippen LogP contribution in [-0.4, -0.2) is 12.0 Å². The van der Waals surface area contributed by atoms with Crippen molar-refractivity contribution in [2.24, 2.45) is 5.41 Å². The van der Waals surface area contributed by atoms with Crippen LogP contribution in [0.5, 0.6) is 0 Å². The molecule has 0 spiro atoms. The van der Waals surface area contributed by atoms with Crippen LogP contribution in [0.1, 0.15) is 26.3 Å². The van der Waals surface area contributed by atoms with Crippen LogP contribution in [0, 0.1) is 27.4 Å². The van der Waals surface area contributed by atoms with Gasteiger partial charge in [0.25, 0.3) is 5.69 Å². The lowest BCUT2D eigenvalue weighted by Gasteiger charge is -2.08. The zero-order chi connectivity index (χ0) is 13.1. The number of hydrogen-bond acceptors (Lipinski definition) is 3. The monoisotopic (exact) mass is 232 g/mol. The molecule has 0 radical (unpaired) electrons. The van der Waals surface area contributed by atoms with Crippen LogP contribution in [0.4, 0.5) is 11.4 Å². The number of nitrogens with one attached hydrogen (secondary N) is 1. The van der Waals surface area contributed by atoms with Gasteiger partial charge in [0.2, 0.25) is 0 Å². The van der Waals surface area contributed by atoms with Gasteiger partial charge in [-0.15, -0.1) is 0 Å². The van der Waals surface area contributed by atoms with E-state index < -0.39 is 4.92 Å². The molecule has 0 saturated heterocycles. The van der Waals surface area contributed by atoms with E-state index in [2.05, 4.69) is 17.2 Å². The minimum absolute atomic E-state index is 0.0576. The Labute approximate surface area is 101 Å². The molecule has 0 fully saturated rings. The summed E-state index contributed by atoms with van der Waals surface area (Å²) in [6.45, 7) is 5.99. The molecule has 1 N–H and O–H groups in total. The molecule has 0 amide bonds. The summed E-state index contributed by atoms with van der Waals surface area (Å²) in [5.41, 5.74) is 1.38. The molecule has 0 saturated carbocycles. The fraction of sp³-hybridized carbons (Fsp3) is 0.385. The zero-order valence-electron chi connectivity index (χ0n) is 10.5. The van der Waals surface area contributed by atoms with Crippen LogP contribution in [0.2, 0.25) is 0 Å². The molecular formula is C13H16N2O2. The number of hydrogen-bond donors (Lipinski definition) is 1. The Morgan fingerprint density at radius 2 is 2.00 bits per heavy atom. The summed E-state index contributed by atoms with van der Waals surface area (Å²) in [5.74, 6) is 6.05. The van der Waals surface area contributed by atoms with E-state index in [1.54, 1.807) is 13.1 Å². The van der Waals surface area contributed by atoms with Gasteiger partial charge in [-0.05, 0) is 26.8 Å². The fourth-order valence-electron chi connectivity index (χ4n) is 1.22. The Balaban J connectivity index is 3.23. The summed E-state index contributed by atoms with van der Waals surface area (Å²) in [6, 6.07) is 4.63. The molecule has 4 heteroatoms. The van der Waals surface area contributed by atoms with Crippen LogP contribution in [0.25, 0.3) is 0 Å². The Kier molecular flexibility index (Phi) is 3.74. The minimum Gasteiger partial charge on any atom is -0.387 e. The Hall–Kier alpha value is -2.02. The van der Waals surface area contributed by atoms with Gasteiger partial charge in [0, 0.05) is 24.6 Å². The van der Waals surface area contributed by atoms with Crippen molar-refractivity contribution in [2.75, 3.05) is 12.4 Å². The van der Waals surface area contributed by atoms with Gasteiger partial charge in [-0.2, -0.15) is 0 Å². The molecule has 1 aromatic carbocycles. The number of nitrogens with zero attached hydrogens (tertiary/aromatic N) is 1. The van der Waals surface area contributed by atoms with E-state index in [9.17, 15) is 10.1 Å². The van der Waals surface area contributed by atoms with Crippen molar-refractivity contribution in [1.29, 1.82) is 0 Å². The molecule has 0 heterocycles. The van der Waals surface area contributed by atoms with Gasteiger partial charge in [-0.1, -0.05) is 11.8 Å². The largest absolute Gasteiger partial charge is 0.387 e. The SMILES string of the molecule is CNc1ccc([N+](=O)[O-])cc1C#CC(C)(C)C. The first-order valence-electron chi connectivity index (χ1n) is 5.33. The standard InChI is InChI=1S/C13H16N2O2/c1-13(2,3)8-7-10-9-11(15(16)17)5-6-12(10)14-4/h5-6,9,14H,1-4H3. The van der Waals surface area contributed by atoms with Crippen LogP contribution in [0.15, 0.2) is 18.2 Å². The van der Waals surface area contributed by atoms with Crippen molar-refractivity contribution in [3.8, 4) is 11.8 Å². The van der Waals surface area contributed by atoms with Crippen LogP contribution in [-0.2, 0) is 0 Å². The van der Waals surface area contributed by atoms with Gasteiger partial charge in [-0.3, -0.25) is 10.1 Å². The highest BCUT2D eigenvalue weighted by Gasteiger charge is 2.09. The lowest BCUT2D eigenvalue weighted by Crippen LogP contribution is -2.00. The molecular weight excluding hydrogens is 216 g/mol. The molecule has 17 heavy (non-hydrogen) atoms. The highest BCUT2D eigenvalue weighted by Crippen LogP contribution is 2.21. The third-order valence-corrected chi connectivity index (χ3v) is 2.06. The fourth-order valence-corrected chi connectivity index (χ4v) is 1.22. The number of nitro benzene ring substituents is 1. The van der Waals surface area contributed by atoms with Crippen molar-refractivity contribution in [2.45, 2.75) is 20.8 Å². The highest BCUT2D eigenvalue weighted by molar-refractivity contribution is 5.62. The minimum atomic E-state index is -0.415. The molecule has 0 bridgehead atoms. The lowest BCUT2D eigenvalue weighted by atomic mass is 9.97. The topological polar surface area (TPSA) is 55.2 Å². The van der Waals surface area contributed by atoms with Crippen molar-refractivity contribution >= 4 is 11.4 Å². The maximum Gasteiger partial charge on any atom is 0.270 e. The van der Waals surface area contributed by atoms with E-state index >= 15 is 0 Å². The van der Waals surface area contributed by atoms with Gasteiger partial charge in [0.15, 0.2) is 0 Å². The van der Waals surface area contributed by atoms with Crippen molar-refractivity contribution in [1.82, 2.24) is 0 Å². The third kappa shape index (κ3) is 3.80. The average molecular weight is 232 g/mol. The number of benzene rings is 1. The molecule has 0 unspecified atom stereocenters. The Morgan fingerprint density at radius 3 is 2.47 bits per heavy atom.